The lowest BCUT2D eigenvalue weighted by molar-refractivity contribution is -0.141. The zero-order valence-corrected chi connectivity index (χ0v) is 10.2. The first-order chi connectivity index (χ1) is 7.98. The molecule has 0 saturated heterocycles. The van der Waals surface area contributed by atoms with Crippen LogP contribution >= 0.6 is 0 Å². The largest absolute Gasteiger partial charge is 0.481 e. The van der Waals surface area contributed by atoms with Gasteiger partial charge in [0.2, 0.25) is 0 Å². The van der Waals surface area contributed by atoms with Crippen LogP contribution in [-0.4, -0.2) is 29.7 Å². The minimum absolute atomic E-state index is 0.0168. The van der Waals surface area contributed by atoms with Crippen LogP contribution in [0.1, 0.15) is 39.0 Å². The number of nitrogens with one attached hydrogen (secondary N) is 2. The monoisotopic (exact) mass is 240 g/mol. The lowest BCUT2D eigenvalue weighted by Crippen LogP contribution is -2.42. The molecule has 2 rings (SSSR count). The van der Waals surface area contributed by atoms with E-state index < -0.39 is 5.97 Å². The predicted molar refractivity (Wildman–Crippen MR) is 62.6 cm³/mol. The fraction of sp³-hybridized carbons (Fsp3) is 0.833. The third-order valence-corrected chi connectivity index (χ3v) is 3.90. The van der Waals surface area contributed by atoms with Gasteiger partial charge in [-0.25, -0.2) is 4.79 Å². The lowest BCUT2D eigenvalue weighted by atomic mass is 10.1. The second-order valence-electron chi connectivity index (χ2n) is 5.68. The summed E-state index contributed by atoms with van der Waals surface area (Å²) in [4.78, 5) is 22.4. The van der Waals surface area contributed by atoms with Crippen molar-refractivity contribution in [2.45, 2.75) is 45.1 Å². The Morgan fingerprint density at radius 2 is 2.06 bits per heavy atom. The molecule has 2 atom stereocenters. The van der Waals surface area contributed by atoms with Gasteiger partial charge in [0.05, 0.1) is 5.92 Å². The van der Waals surface area contributed by atoms with Crippen LogP contribution in [0.2, 0.25) is 0 Å². The van der Waals surface area contributed by atoms with Gasteiger partial charge in [-0.15, -0.1) is 0 Å². The first-order valence-electron chi connectivity index (χ1n) is 6.26. The van der Waals surface area contributed by atoms with Crippen molar-refractivity contribution in [3.8, 4) is 0 Å². The average molecular weight is 240 g/mol. The predicted octanol–water partition coefficient (Wildman–Crippen LogP) is 1.34. The van der Waals surface area contributed by atoms with Crippen molar-refractivity contribution in [1.82, 2.24) is 10.6 Å². The number of rotatable bonds is 4. The number of urea groups is 1. The van der Waals surface area contributed by atoms with Crippen LogP contribution in [0.3, 0.4) is 0 Å². The zero-order chi connectivity index (χ0) is 12.5. The van der Waals surface area contributed by atoms with Crippen LogP contribution in [0.4, 0.5) is 4.79 Å². The highest BCUT2D eigenvalue weighted by Gasteiger charge is 2.37. The fourth-order valence-corrected chi connectivity index (χ4v) is 2.26. The number of carbonyl (C=O) groups is 2. The third-order valence-electron chi connectivity index (χ3n) is 3.90. The summed E-state index contributed by atoms with van der Waals surface area (Å²) in [7, 11) is 0. The van der Waals surface area contributed by atoms with Crippen LogP contribution in [0, 0.1) is 11.3 Å². The molecule has 2 fully saturated rings. The van der Waals surface area contributed by atoms with Crippen LogP contribution < -0.4 is 10.6 Å². The van der Waals surface area contributed by atoms with E-state index in [1.165, 1.54) is 12.8 Å². The van der Waals surface area contributed by atoms with Gasteiger partial charge in [-0.3, -0.25) is 4.79 Å². The highest BCUT2D eigenvalue weighted by molar-refractivity contribution is 5.75. The zero-order valence-electron chi connectivity index (χ0n) is 10.2. The molecule has 2 saturated carbocycles. The number of amides is 2. The second-order valence-corrected chi connectivity index (χ2v) is 5.68. The Balaban J connectivity index is 1.67. The molecule has 0 heterocycles. The Morgan fingerprint density at radius 3 is 2.59 bits per heavy atom. The van der Waals surface area contributed by atoms with Gasteiger partial charge in [0.25, 0.3) is 0 Å². The van der Waals surface area contributed by atoms with Gasteiger partial charge in [-0.2, -0.15) is 0 Å². The topological polar surface area (TPSA) is 78.4 Å². The van der Waals surface area contributed by atoms with E-state index in [0.29, 0.717) is 24.8 Å². The SMILES string of the molecule is CC1(CNC(=O)N[C@H]2CC[C@@H](C(=O)O)C2)CC1. The van der Waals surface area contributed by atoms with Gasteiger partial charge in [0.1, 0.15) is 0 Å². The van der Waals surface area contributed by atoms with Crippen molar-refractivity contribution in [2.75, 3.05) is 6.54 Å². The van der Waals surface area contributed by atoms with E-state index in [0.717, 1.165) is 6.42 Å². The summed E-state index contributed by atoms with van der Waals surface area (Å²) in [5, 5.41) is 14.6. The van der Waals surface area contributed by atoms with Crippen LogP contribution in [0.25, 0.3) is 0 Å². The summed E-state index contributed by atoms with van der Waals surface area (Å²) in [5.41, 5.74) is 0.302. The smallest absolute Gasteiger partial charge is 0.315 e. The first-order valence-corrected chi connectivity index (χ1v) is 6.26. The van der Waals surface area contributed by atoms with E-state index in [4.69, 9.17) is 5.11 Å². The molecule has 2 amide bonds. The Bertz CT molecular complexity index is 326. The molecule has 3 N–H and O–H groups in total. The summed E-state index contributed by atoms with van der Waals surface area (Å²) in [6.45, 7) is 2.87. The normalized spacial score (nSPS) is 29.7. The van der Waals surface area contributed by atoms with Gasteiger partial charge in [-0.05, 0) is 37.5 Å². The number of carboxylic acid groups (broad SMARTS) is 1. The first kappa shape index (κ1) is 12.2. The molecule has 96 valence electrons. The van der Waals surface area contributed by atoms with Crippen molar-refractivity contribution < 1.29 is 14.7 Å². The highest BCUT2D eigenvalue weighted by Crippen LogP contribution is 2.43. The molecule has 0 radical (unpaired) electrons. The quantitative estimate of drug-likeness (QED) is 0.694. The van der Waals surface area contributed by atoms with Gasteiger partial charge >= 0.3 is 12.0 Å². The van der Waals surface area contributed by atoms with Gasteiger partial charge < -0.3 is 15.7 Å². The maximum atomic E-state index is 11.6. The van der Waals surface area contributed by atoms with Gasteiger partial charge in [0.15, 0.2) is 0 Å². The van der Waals surface area contributed by atoms with Crippen molar-refractivity contribution in [2.24, 2.45) is 11.3 Å². The molecule has 0 aromatic rings. The summed E-state index contributed by atoms with van der Waals surface area (Å²) in [5.74, 6) is -1.04. The summed E-state index contributed by atoms with van der Waals surface area (Å²) < 4.78 is 0. The third kappa shape index (κ3) is 3.35. The van der Waals surface area contributed by atoms with Crippen molar-refractivity contribution in [3.05, 3.63) is 0 Å². The summed E-state index contributed by atoms with van der Waals surface area (Å²) in [6, 6.07) is -0.141. The van der Waals surface area contributed by atoms with Crippen molar-refractivity contribution in [1.29, 1.82) is 0 Å². The fourth-order valence-electron chi connectivity index (χ4n) is 2.26. The number of carbonyl (C=O) groups excluding carboxylic acids is 1. The summed E-state index contributed by atoms with van der Waals surface area (Å²) in [6.07, 6.45) is 4.34. The standard InChI is InChI=1S/C12H20N2O3/c1-12(4-5-12)7-13-11(17)14-9-3-2-8(6-9)10(15)16/h8-9H,2-7H2,1H3,(H,15,16)(H2,13,14,17)/t8-,9+/m1/s1. The van der Waals surface area contributed by atoms with Gasteiger partial charge in [-0.1, -0.05) is 6.92 Å². The molecule has 5 nitrogen and oxygen atoms in total. The Hall–Kier alpha value is -1.26. The summed E-state index contributed by atoms with van der Waals surface area (Å²) >= 11 is 0. The molecule has 0 aromatic heterocycles. The van der Waals surface area contributed by atoms with E-state index in [1.54, 1.807) is 0 Å². The molecule has 0 aliphatic heterocycles. The van der Waals surface area contributed by atoms with Crippen LogP contribution in [0.5, 0.6) is 0 Å². The second kappa shape index (κ2) is 4.55. The van der Waals surface area contributed by atoms with Crippen LogP contribution in [0.15, 0.2) is 0 Å². The average Bonchev–Trinajstić information content (AvgIpc) is 2.81. The molecule has 2 aliphatic carbocycles. The molecule has 5 heteroatoms. The molecule has 0 aromatic carbocycles. The molecule has 0 bridgehead atoms. The molecule has 17 heavy (non-hydrogen) atoms. The number of hydrogen-bond acceptors (Lipinski definition) is 2. The highest BCUT2D eigenvalue weighted by atomic mass is 16.4. The Labute approximate surface area is 101 Å². The van der Waals surface area contributed by atoms with E-state index in [1.807, 2.05) is 0 Å². The maximum absolute atomic E-state index is 11.6. The van der Waals surface area contributed by atoms with Crippen molar-refractivity contribution >= 4 is 12.0 Å². The molecule has 2 aliphatic rings. The molecular weight excluding hydrogens is 220 g/mol. The number of hydrogen-bond donors (Lipinski definition) is 3. The number of carboxylic acids is 1. The van der Waals surface area contributed by atoms with Gasteiger partial charge in [0, 0.05) is 12.6 Å². The Kier molecular flexibility index (Phi) is 3.26. The lowest BCUT2D eigenvalue weighted by Gasteiger charge is -2.15. The molecular formula is C12H20N2O3. The molecule has 0 unspecified atom stereocenters. The maximum Gasteiger partial charge on any atom is 0.315 e. The minimum Gasteiger partial charge on any atom is -0.481 e. The molecule has 0 spiro atoms. The van der Waals surface area contributed by atoms with E-state index in [2.05, 4.69) is 17.6 Å². The minimum atomic E-state index is -0.750. The van der Waals surface area contributed by atoms with Crippen LogP contribution in [-0.2, 0) is 4.79 Å². The van der Waals surface area contributed by atoms with E-state index in [-0.39, 0.29) is 18.0 Å². The van der Waals surface area contributed by atoms with Crippen molar-refractivity contribution in [3.63, 3.8) is 0 Å². The number of aliphatic carboxylic acids is 1. The Morgan fingerprint density at radius 1 is 1.35 bits per heavy atom. The van der Waals surface area contributed by atoms with E-state index in [9.17, 15) is 9.59 Å². The van der Waals surface area contributed by atoms with E-state index >= 15 is 0 Å².